The first-order valence-corrected chi connectivity index (χ1v) is 9.68. The smallest absolute Gasteiger partial charge is 0.410 e. The van der Waals surface area contributed by atoms with Crippen molar-refractivity contribution in [3.63, 3.8) is 0 Å². The highest BCUT2D eigenvalue weighted by molar-refractivity contribution is 9.28. The van der Waals surface area contributed by atoms with Crippen LogP contribution in [0.1, 0.15) is 32.8 Å². The number of carbonyl (C=O) groups excluding carboxylic acids is 1. The van der Waals surface area contributed by atoms with Crippen molar-refractivity contribution >= 4 is 38.0 Å². The molecule has 0 spiro atoms. The monoisotopic (exact) mass is 495 g/mol. The van der Waals surface area contributed by atoms with E-state index in [9.17, 15) is 18.7 Å². The van der Waals surface area contributed by atoms with E-state index in [2.05, 4.69) is 31.9 Å². The number of aliphatic hydroxyl groups excluding tert-OH is 1. The largest absolute Gasteiger partial charge is 0.444 e. The third kappa shape index (κ3) is 4.84. The van der Waals surface area contributed by atoms with Crippen LogP contribution in [0.15, 0.2) is 27.7 Å². The molecule has 1 amide bonds. The van der Waals surface area contributed by atoms with E-state index < -0.39 is 34.8 Å². The number of likely N-dealkylation sites (tertiary alicyclic amines) is 1. The molecule has 1 saturated heterocycles. The number of piperidine rings is 1. The van der Waals surface area contributed by atoms with Gasteiger partial charge < -0.3 is 14.7 Å². The summed E-state index contributed by atoms with van der Waals surface area (Å²) in [4.78, 5) is 14.0. The summed E-state index contributed by atoms with van der Waals surface area (Å²) in [6.07, 6.45) is 0.509. The maximum absolute atomic E-state index is 13.8. The number of halogens is 4. The molecular formula is C18H21Br2F2NO3. The summed E-state index contributed by atoms with van der Waals surface area (Å²) in [5, 5.41) is 10.7. The lowest BCUT2D eigenvalue weighted by Gasteiger charge is -2.45. The van der Waals surface area contributed by atoms with E-state index >= 15 is 0 Å². The van der Waals surface area contributed by atoms with Crippen molar-refractivity contribution in [2.24, 2.45) is 0 Å². The van der Waals surface area contributed by atoms with Crippen LogP contribution in [0.3, 0.4) is 0 Å². The predicted molar refractivity (Wildman–Crippen MR) is 102 cm³/mol. The fourth-order valence-electron chi connectivity index (χ4n) is 3.01. The summed E-state index contributed by atoms with van der Waals surface area (Å²) < 4.78 is 33.2. The molecule has 0 aromatic heterocycles. The van der Waals surface area contributed by atoms with E-state index in [1.807, 2.05) is 0 Å². The topological polar surface area (TPSA) is 49.8 Å². The van der Waals surface area contributed by atoms with E-state index in [-0.39, 0.29) is 13.0 Å². The molecule has 1 N–H and O–H groups in total. The molecule has 0 saturated carbocycles. The molecule has 2 rings (SSSR count). The van der Waals surface area contributed by atoms with Gasteiger partial charge in [0, 0.05) is 13.1 Å². The number of benzene rings is 1. The lowest BCUT2D eigenvalue weighted by atomic mass is 9.72. The number of nitrogens with zero attached hydrogens (tertiary/aromatic N) is 1. The SMILES string of the molecule is CC(C)(C)OC(=O)N1CC[C@@H](O)[C@@](C=C(Br)Br)(c2ccc(F)c(F)c2)C1. The summed E-state index contributed by atoms with van der Waals surface area (Å²) in [7, 11) is 0. The van der Waals surface area contributed by atoms with Gasteiger partial charge >= 0.3 is 6.09 Å². The number of carbonyl (C=O) groups is 1. The third-order valence-corrected chi connectivity index (χ3v) is 4.65. The van der Waals surface area contributed by atoms with Gasteiger partial charge in [-0.05, 0) is 82.8 Å². The molecule has 2 atom stereocenters. The van der Waals surface area contributed by atoms with E-state index in [0.717, 1.165) is 12.1 Å². The van der Waals surface area contributed by atoms with Gasteiger partial charge in [-0.15, -0.1) is 0 Å². The molecule has 8 heteroatoms. The van der Waals surface area contributed by atoms with Crippen molar-refractivity contribution in [1.82, 2.24) is 4.90 Å². The average molecular weight is 497 g/mol. The normalized spacial score (nSPS) is 23.5. The second kappa shape index (κ2) is 7.94. The Kier molecular flexibility index (Phi) is 6.51. The zero-order valence-corrected chi connectivity index (χ0v) is 17.9. The zero-order valence-electron chi connectivity index (χ0n) is 14.7. The van der Waals surface area contributed by atoms with Crippen molar-refractivity contribution in [2.45, 2.75) is 44.3 Å². The van der Waals surface area contributed by atoms with Crippen LogP contribution in [-0.2, 0) is 10.2 Å². The lowest BCUT2D eigenvalue weighted by molar-refractivity contribution is -0.00932. The second-order valence-corrected chi connectivity index (χ2v) is 10.1. The van der Waals surface area contributed by atoms with Gasteiger partial charge in [0.05, 0.1) is 14.9 Å². The van der Waals surface area contributed by atoms with Gasteiger partial charge in [-0.25, -0.2) is 13.6 Å². The van der Waals surface area contributed by atoms with Gasteiger partial charge in [0.25, 0.3) is 0 Å². The molecule has 1 fully saturated rings. The van der Waals surface area contributed by atoms with Crippen LogP contribution in [0.2, 0.25) is 0 Å². The van der Waals surface area contributed by atoms with Crippen molar-refractivity contribution in [3.8, 4) is 0 Å². The van der Waals surface area contributed by atoms with Gasteiger partial charge in [-0.2, -0.15) is 0 Å². The minimum absolute atomic E-state index is 0.0643. The molecule has 0 radical (unpaired) electrons. The van der Waals surface area contributed by atoms with Gasteiger partial charge in [-0.3, -0.25) is 0 Å². The van der Waals surface area contributed by atoms with Crippen molar-refractivity contribution in [3.05, 3.63) is 44.9 Å². The molecule has 1 heterocycles. The van der Waals surface area contributed by atoms with E-state index in [1.54, 1.807) is 26.8 Å². The van der Waals surface area contributed by atoms with Crippen molar-refractivity contribution in [2.75, 3.05) is 13.1 Å². The standard InChI is InChI=1S/C18H21Br2F2NO3/c1-17(2,3)26-16(25)23-7-6-14(24)18(10-23,9-15(19)20)11-4-5-12(21)13(22)8-11/h4-5,8-9,14,24H,6-7,10H2,1-3H3/t14-,18-/m1/s1. The molecule has 26 heavy (non-hydrogen) atoms. The van der Waals surface area contributed by atoms with Gasteiger partial charge in [-0.1, -0.05) is 6.07 Å². The Morgan fingerprint density at radius 1 is 1.35 bits per heavy atom. The summed E-state index contributed by atoms with van der Waals surface area (Å²) >= 11 is 6.55. The summed E-state index contributed by atoms with van der Waals surface area (Å²) in [6.45, 7) is 5.66. The average Bonchev–Trinajstić information content (AvgIpc) is 2.50. The molecule has 1 aromatic rings. The first-order valence-electron chi connectivity index (χ1n) is 8.10. The van der Waals surface area contributed by atoms with Crippen LogP contribution >= 0.6 is 31.9 Å². The number of hydrogen-bond donors (Lipinski definition) is 1. The van der Waals surface area contributed by atoms with Gasteiger partial charge in [0.1, 0.15) is 5.60 Å². The molecule has 0 bridgehead atoms. The van der Waals surface area contributed by atoms with Crippen molar-refractivity contribution < 1.29 is 23.4 Å². The number of aliphatic hydroxyl groups is 1. The Morgan fingerprint density at radius 2 is 2.00 bits per heavy atom. The highest BCUT2D eigenvalue weighted by atomic mass is 79.9. The van der Waals surface area contributed by atoms with Gasteiger partial charge in [0.2, 0.25) is 0 Å². The van der Waals surface area contributed by atoms with Crippen LogP contribution in [0.5, 0.6) is 0 Å². The van der Waals surface area contributed by atoms with E-state index in [1.165, 1.54) is 11.0 Å². The number of ether oxygens (including phenoxy) is 1. The molecule has 4 nitrogen and oxygen atoms in total. The molecule has 1 aliphatic heterocycles. The molecule has 1 aromatic carbocycles. The van der Waals surface area contributed by atoms with E-state index in [0.29, 0.717) is 15.5 Å². The maximum atomic E-state index is 13.8. The van der Waals surface area contributed by atoms with Crippen LogP contribution < -0.4 is 0 Å². The summed E-state index contributed by atoms with van der Waals surface area (Å²) in [5.74, 6) is -1.98. The fraction of sp³-hybridized carbons (Fsp3) is 0.500. The second-order valence-electron chi connectivity index (χ2n) is 7.31. The Bertz CT molecular complexity index is 717. The van der Waals surface area contributed by atoms with E-state index in [4.69, 9.17) is 4.74 Å². The highest BCUT2D eigenvalue weighted by Crippen LogP contribution is 2.39. The van der Waals surface area contributed by atoms with Gasteiger partial charge in [0.15, 0.2) is 11.6 Å². The quantitative estimate of drug-likeness (QED) is 0.637. The minimum atomic E-state index is -1.12. The Balaban J connectivity index is 2.46. The molecule has 144 valence electrons. The fourth-order valence-corrected chi connectivity index (χ4v) is 3.82. The Hall–Kier alpha value is -0.990. The third-order valence-electron chi connectivity index (χ3n) is 4.19. The number of amides is 1. The molecule has 1 aliphatic rings. The number of rotatable bonds is 2. The predicted octanol–water partition coefficient (Wildman–Crippen LogP) is 4.84. The van der Waals surface area contributed by atoms with Crippen LogP contribution in [0.25, 0.3) is 0 Å². The van der Waals surface area contributed by atoms with Crippen LogP contribution in [-0.4, -0.2) is 40.9 Å². The molecule has 0 unspecified atom stereocenters. The Morgan fingerprint density at radius 3 is 2.54 bits per heavy atom. The van der Waals surface area contributed by atoms with Crippen molar-refractivity contribution in [1.29, 1.82) is 0 Å². The van der Waals surface area contributed by atoms with Crippen LogP contribution in [0, 0.1) is 11.6 Å². The number of hydrogen-bond acceptors (Lipinski definition) is 3. The minimum Gasteiger partial charge on any atom is -0.444 e. The summed E-state index contributed by atoms with van der Waals surface area (Å²) in [6, 6.07) is 3.48. The first-order chi connectivity index (χ1) is 11.9. The lowest BCUT2D eigenvalue weighted by Crippen LogP contribution is -2.56. The maximum Gasteiger partial charge on any atom is 0.410 e. The van der Waals surface area contributed by atoms with Crippen LogP contribution in [0.4, 0.5) is 13.6 Å². The zero-order chi connectivity index (χ0) is 19.7. The Labute approximate surface area is 168 Å². The molecular weight excluding hydrogens is 476 g/mol. The summed E-state index contributed by atoms with van der Waals surface area (Å²) in [5.41, 5.74) is -1.41. The molecule has 0 aliphatic carbocycles. The first kappa shape index (κ1) is 21.3. The highest BCUT2D eigenvalue weighted by Gasteiger charge is 2.45.